The fraction of sp³-hybridized carbons (Fsp3) is 0.135. The quantitative estimate of drug-likeness (QED) is 0.233. The van der Waals surface area contributed by atoms with Gasteiger partial charge < -0.3 is 0 Å². The number of hydrogen-bond donors (Lipinski definition) is 0. The van der Waals surface area contributed by atoms with Crippen molar-refractivity contribution in [3.05, 3.63) is 154 Å². The average Bonchev–Trinajstić information content (AvgIpc) is 3.57. The van der Waals surface area contributed by atoms with Crippen molar-refractivity contribution in [3.8, 4) is 0 Å². The SMILES string of the molecule is O=C1C2=C(CC(=O)C(C3=C(c4ccc(F)cc4)C(c4ccc(F)cc4)N4C(=O)CSC4=N3)C2c2ccc(F)cc2)c2ccccc21. The molecule has 4 aromatic carbocycles. The van der Waals surface area contributed by atoms with Crippen LogP contribution in [0, 0.1) is 23.4 Å². The first-order chi connectivity index (χ1) is 22.3. The summed E-state index contributed by atoms with van der Waals surface area (Å²) in [6.45, 7) is 0. The van der Waals surface area contributed by atoms with Gasteiger partial charge in [-0.2, -0.15) is 0 Å². The second-order valence-electron chi connectivity index (χ2n) is 11.6. The van der Waals surface area contributed by atoms with Gasteiger partial charge in [0.2, 0.25) is 5.91 Å². The normalized spacial score (nSPS) is 22.2. The summed E-state index contributed by atoms with van der Waals surface area (Å²) >= 11 is 1.23. The number of rotatable bonds is 4. The first kappa shape index (κ1) is 28.5. The monoisotopic (exact) mass is 632 g/mol. The molecule has 2 aliphatic heterocycles. The van der Waals surface area contributed by atoms with E-state index in [1.54, 1.807) is 53.4 Å². The maximum Gasteiger partial charge on any atom is 0.239 e. The minimum atomic E-state index is -1.00. The Bertz CT molecular complexity index is 2070. The summed E-state index contributed by atoms with van der Waals surface area (Å²) in [6, 6.07) is 23.6. The first-order valence-electron chi connectivity index (χ1n) is 14.7. The molecule has 1 amide bonds. The van der Waals surface area contributed by atoms with Crippen LogP contribution in [-0.4, -0.2) is 33.3 Å². The van der Waals surface area contributed by atoms with Crippen molar-refractivity contribution < 1.29 is 27.6 Å². The molecule has 3 atom stereocenters. The molecule has 3 unspecified atom stereocenters. The highest BCUT2D eigenvalue weighted by atomic mass is 32.2. The van der Waals surface area contributed by atoms with Crippen LogP contribution in [0.4, 0.5) is 13.2 Å². The largest absolute Gasteiger partial charge is 0.299 e. The molecule has 0 aromatic heterocycles. The van der Waals surface area contributed by atoms with Gasteiger partial charge in [-0.1, -0.05) is 72.4 Å². The fourth-order valence-corrected chi connectivity index (χ4v) is 8.05. The molecule has 0 saturated carbocycles. The van der Waals surface area contributed by atoms with Gasteiger partial charge in [-0.15, -0.1) is 0 Å². The van der Waals surface area contributed by atoms with Crippen LogP contribution in [0.25, 0.3) is 11.1 Å². The van der Waals surface area contributed by atoms with E-state index in [2.05, 4.69) is 0 Å². The molecule has 2 aliphatic carbocycles. The smallest absolute Gasteiger partial charge is 0.239 e. The number of nitrogens with zero attached hydrogens (tertiary/aromatic N) is 2. The van der Waals surface area contributed by atoms with Gasteiger partial charge in [0.25, 0.3) is 0 Å². The third kappa shape index (κ3) is 4.41. The summed E-state index contributed by atoms with van der Waals surface area (Å²) < 4.78 is 42.7. The molecule has 4 aliphatic rings. The Hall–Kier alpha value is -5.02. The predicted molar refractivity (Wildman–Crippen MR) is 169 cm³/mol. The van der Waals surface area contributed by atoms with Crippen molar-refractivity contribution in [1.82, 2.24) is 4.90 Å². The van der Waals surface area contributed by atoms with Crippen LogP contribution < -0.4 is 0 Å². The number of Topliss-reactive ketones (excluding diaryl/α,β-unsaturated/α-hetero) is 2. The molecule has 0 N–H and O–H groups in total. The molecule has 5 nitrogen and oxygen atoms in total. The summed E-state index contributed by atoms with van der Waals surface area (Å²) in [5, 5.41) is 0.381. The van der Waals surface area contributed by atoms with Gasteiger partial charge in [0, 0.05) is 29.0 Å². The van der Waals surface area contributed by atoms with E-state index in [1.165, 1.54) is 48.2 Å². The third-order valence-electron chi connectivity index (χ3n) is 9.10. The number of benzene rings is 4. The van der Waals surface area contributed by atoms with Gasteiger partial charge in [-0.05, 0) is 64.2 Å². The van der Waals surface area contributed by atoms with Gasteiger partial charge in [0.15, 0.2) is 11.0 Å². The molecule has 226 valence electrons. The van der Waals surface area contributed by atoms with E-state index in [0.29, 0.717) is 55.4 Å². The van der Waals surface area contributed by atoms with Gasteiger partial charge in [-0.25, -0.2) is 18.2 Å². The first-order valence-corrected chi connectivity index (χ1v) is 15.7. The number of carbonyl (C=O) groups excluding carboxylic acids is 3. The number of halogens is 3. The van der Waals surface area contributed by atoms with Crippen LogP contribution in [0.15, 0.2) is 113 Å². The Morgan fingerprint density at radius 2 is 1.26 bits per heavy atom. The van der Waals surface area contributed by atoms with E-state index in [1.807, 2.05) is 12.1 Å². The Morgan fingerprint density at radius 1 is 0.674 bits per heavy atom. The molecule has 1 fully saturated rings. The van der Waals surface area contributed by atoms with Crippen LogP contribution in [0.1, 0.15) is 51.0 Å². The average molecular weight is 633 g/mol. The summed E-state index contributed by atoms with van der Waals surface area (Å²) in [6.07, 6.45) is -0.0253. The lowest BCUT2D eigenvalue weighted by Gasteiger charge is -2.39. The minimum absolute atomic E-state index is 0.0253. The molecule has 8 rings (SSSR count). The Balaban J connectivity index is 1.43. The Morgan fingerprint density at radius 3 is 1.91 bits per heavy atom. The Labute approximate surface area is 266 Å². The number of carbonyl (C=O) groups is 3. The molecular weight excluding hydrogens is 609 g/mol. The fourth-order valence-electron chi connectivity index (χ4n) is 7.15. The maximum atomic E-state index is 14.6. The number of amides is 1. The van der Waals surface area contributed by atoms with Crippen molar-refractivity contribution >= 4 is 45.5 Å². The zero-order valence-electron chi connectivity index (χ0n) is 24.0. The van der Waals surface area contributed by atoms with E-state index < -0.39 is 35.3 Å². The van der Waals surface area contributed by atoms with Gasteiger partial charge in [0.05, 0.1) is 23.4 Å². The molecule has 1 saturated heterocycles. The lowest BCUT2D eigenvalue weighted by atomic mass is 9.68. The number of amidine groups is 1. The standard InChI is InChI=1S/C37H23F3N2O3S/c38-22-11-5-19(6-12-22)30-32-27(25-3-1-2-4-26(25)36(32)45)17-28(43)33(30)34-31(20-7-13-23(39)14-8-20)35(21-9-15-24(40)16-10-21)42-29(44)18-46-37(42)41-34/h1-16,30,33,35H,17-18H2. The van der Waals surface area contributed by atoms with E-state index in [9.17, 15) is 27.6 Å². The lowest BCUT2D eigenvalue weighted by Crippen LogP contribution is -2.40. The summed E-state index contributed by atoms with van der Waals surface area (Å²) in [4.78, 5) is 48.6. The van der Waals surface area contributed by atoms with Crippen LogP contribution >= 0.6 is 11.8 Å². The van der Waals surface area contributed by atoms with Crippen LogP contribution in [-0.2, 0) is 9.59 Å². The van der Waals surface area contributed by atoms with Crippen LogP contribution in [0.2, 0.25) is 0 Å². The van der Waals surface area contributed by atoms with Crippen LogP contribution in [0.5, 0.6) is 0 Å². The lowest BCUT2D eigenvalue weighted by molar-refractivity contribution is -0.125. The molecule has 0 spiro atoms. The second-order valence-corrected chi connectivity index (χ2v) is 12.6. The van der Waals surface area contributed by atoms with E-state index >= 15 is 0 Å². The number of thioether (sulfide) groups is 1. The van der Waals surface area contributed by atoms with Crippen molar-refractivity contribution in [1.29, 1.82) is 0 Å². The van der Waals surface area contributed by atoms with Gasteiger partial charge >= 0.3 is 0 Å². The van der Waals surface area contributed by atoms with Gasteiger partial charge in [0.1, 0.15) is 23.2 Å². The highest BCUT2D eigenvalue weighted by Gasteiger charge is 2.50. The number of aliphatic imine (C=N–C) groups is 1. The second kappa shape index (κ2) is 10.8. The summed E-state index contributed by atoms with van der Waals surface area (Å²) in [7, 11) is 0. The van der Waals surface area contributed by atoms with Crippen molar-refractivity contribution in [2.24, 2.45) is 10.9 Å². The predicted octanol–water partition coefficient (Wildman–Crippen LogP) is 7.52. The minimum Gasteiger partial charge on any atom is -0.299 e. The third-order valence-corrected chi connectivity index (χ3v) is 10.0. The highest BCUT2D eigenvalue weighted by Crippen LogP contribution is 2.55. The topological polar surface area (TPSA) is 66.8 Å². The molecule has 9 heteroatoms. The van der Waals surface area contributed by atoms with Crippen molar-refractivity contribution in [3.63, 3.8) is 0 Å². The van der Waals surface area contributed by atoms with E-state index in [-0.39, 0.29) is 29.6 Å². The van der Waals surface area contributed by atoms with Crippen molar-refractivity contribution in [2.45, 2.75) is 18.4 Å². The molecular formula is C37H23F3N2O3S. The zero-order valence-corrected chi connectivity index (χ0v) is 24.9. The number of hydrogen-bond acceptors (Lipinski definition) is 5. The molecule has 0 bridgehead atoms. The molecule has 2 heterocycles. The van der Waals surface area contributed by atoms with Gasteiger partial charge in [-0.3, -0.25) is 19.3 Å². The molecule has 0 radical (unpaired) electrons. The number of allylic oxidation sites excluding steroid dienone is 3. The highest BCUT2D eigenvalue weighted by molar-refractivity contribution is 8.15. The summed E-state index contributed by atoms with van der Waals surface area (Å²) in [5.41, 5.74) is 4.78. The van der Waals surface area contributed by atoms with E-state index in [0.717, 1.165) is 0 Å². The van der Waals surface area contributed by atoms with Crippen molar-refractivity contribution in [2.75, 3.05) is 5.75 Å². The summed E-state index contributed by atoms with van der Waals surface area (Å²) in [5.74, 6) is -3.72. The number of fused-ring (bicyclic) bond motifs is 3. The maximum absolute atomic E-state index is 14.6. The Kier molecular flexibility index (Phi) is 6.68. The number of ketones is 2. The zero-order chi connectivity index (χ0) is 31.7. The molecule has 4 aromatic rings. The molecule has 46 heavy (non-hydrogen) atoms. The van der Waals surface area contributed by atoms with E-state index in [4.69, 9.17) is 4.99 Å². The van der Waals surface area contributed by atoms with Crippen LogP contribution in [0.3, 0.4) is 0 Å².